The van der Waals surface area contributed by atoms with Crippen molar-refractivity contribution in [2.75, 3.05) is 20.6 Å². The van der Waals surface area contributed by atoms with E-state index >= 15 is 0 Å². The molecule has 0 saturated carbocycles. The lowest BCUT2D eigenvalue weighted by Crippen LogP contribution is -2.47. The number of hydrogen-bond acceptors (Lipinski definition) is 4. The fraction of sp³-hybridized carbons (Fsp3) is 0.238. The van der Waals surface area contributed by atoms with Gasteiger partial charge in [0.05, 0.1) is 12.1 Å². The molecule has 1 aromatic heterocycles. The first-order chi connectivity index (χ1) is 12.5. The highest BCUT2D eigenvalue weighted by Crippen LogP contribution is 2.26. The minimum absolute atomic E-state index is 0.0825. The topological polar surface area (TPSA) is 60.5 Å². The SMILES string of the molecule is CN(C)C1=NCC(C)(c2ccc(-c3ccc4ccccc4c3)[nH]c2=O)N1. The molecule has 3 aromatic rings. The van der Waals surface area contributed by atoms with E-state index in [0.29, 0.717) is 12.1 Å². The first-order valence-electron chi connectivity index (χ1n) is 8.69. The quantitative estimate of drug-likeness (QED) is 0.750. The molecule has 26 heavy (non-hydrogen) atoms. The van der Waals surface area contributed by atoms with E-state index in [4.69, 9.17) is 0 Å². The molecule has 2 N–H and O–H groups in total. The fourth-order valence-electron chi connectivity index (χ4n) is 3.40. The molecular weight excluding hydrogens is 324 g/mol. The number of guanidine groups is 1. The van der Waals surface area contributed by atoms with Gasteiger partial charge < -0.3 is 15.2 Å². The van der Waals surface area contributed by atoms with Crippen LogP contribution in [0.5, 0.6) is 0 Å². The molecule has 2 aromatic carbocycles. The molecule has 1 unspecified atom stereocenters. The van der Waals surface area contributed by atoms with Crippen LogP contribution in [-0.2, 0) is 5.54 Å². The smallest absolute Gasteiger partial charge is 0.254 e. The highest BCUT2D eigenvalue weighted by atomic mass is 16.1. The summed E-state index contributed by atoms with van der Waals surface area (Å²) < 4.78 is 0. The third kappa shape index (κ3) is 2.75. The van der Waals surface area contributed by atoms with Crippen LogP contribution in [0.25, 0.3) is 22.0 Å². The number of hydrogen-bond donors (Lipinski definition) is 2. The Morgan fingerprint density at radius 2 is 1.81 bits per heavy atom. The van der Waals surface area contributed by atoms with Crippen molar-refractivity contribution in [1.82, 2.24) is 15.2 Å². The Morgan fingerprint density at radius 3 is 2.50 bits per heavy atom. The first-order valence-corrected chi connectivity index (χ1v) is 8.69. The molecule has 2 heterocycles. The maximum absolute atomic E-state index is 12.8. The van der Waals surface area contributed by atoms with E-state index in [2.05, 4.69) is 39.6 Å². The molecule has 1 aliphatic heterocycles. The van der Waals surface area contributed by atoms with Crippen molar-refractivity contribution in [1.29, 1.82) is 0 Å². The summed E-state index contributed by atoms with van der Waals surface area (Å²) in [4.78, 5) is 22.2. The van der Waals surface area contributed by atoms with Gasteiger partial charge in [0, 0.05) is 25.4 Å². The minimum atomic E-state index is -0.491. The number of aliphatic imine (C=N–C) groups is 1. The lowest BCUT2D eigenvalue weighted by molar-refractivity contribution is 0.457. The fourth-order valence-corrected chi connectivity index (χ4v) is 3.40. The second-order valence-electron chi connectivity index (χ2n) is 7.17. The highest BCUT2D eigenvalue weighted by Gasteiger charge is 2.35. The molecule has 0 spiro atoms. The number of fused-ring (bicyclic) bond motifs is 1. The van der Waals surface area contributed by atoms with Crippen molar-refractivity contribution in [3.8, 4) is 11.3 Å². The predicted molar refractivity (Wildman–Crippen MR) is 106 cm³/mol. The number of nitrogens with one attached hydrogen (secondary N) is 2. The average molecular weight is 346 g/mol. The number of pyridine rings is 1. The van der Waals surface area contributed by atoms with Gasteiger partial charge in [-0.2, -0.15) is 0 Å². The van der Waals surface area contributed by atoms with Gasteiger partial charge in [0.25, 0.3) is 5.56 Å². The van der Waals surface area contributed by atoms with Crippen molar-refractivity contribution in [3.63, 3.8) is 0 Å². The summed E-state index contributed by atoms with van der Waals surface area (Å²) in [6, 6.07) is 18.3. The maximum atomic E-state index is 12.8. The molecule has 5 heteroatoms. The molecule has 1 aliphatic rings. The summed E-state index contributed by atoms with van der Waals surface area (Å²) in [5.74, 6) is 0.797. The number of benzene rings is 2. The lowest BCUT2D eigenvalue weighted by atomic mass is 9.93. The minimum Gasteiger partial charge on any atom is -0.349 e. The molecule has 0 bridgehead atoms. The van der Waals surface area contributed by atoms with Gasteiger partial charge in [-0.05, 0) is 41.5 Å². The van der Waals surface area contributed by atoms with E-state index in [-0.39, 0.29) is 5.56 Å². The third-order valence-electron chi connectivity index (χ3n) is 4.92. The average Bonchev–Trinajstić information content (AvgIpc) is 3.04. The monoisotopic (exact) mass is 346 g/mol. The standard InChI is InChI=1S/C21H22N4O/c1-21(13-22-20(24-21)25(2)3)17-10-11-18(23-19(17)26)16-9-8-14-6-4-5-7-15(14)12-16/h4-12H,13H2,1-3H3,(H,22,24)(H,23,26). The second kappa shape index (κ2) is 6.02. The van der Waals surface area contributed by atoms with Gasteiger partial charge in [-0.15, -0.1) is 0 Å². The molecule has 0 fully saturated rings. The van der Waals surface area contributed by atoms with Gasteiger partial charge in [0.15, 0.2) is 5.96 Å². The molecule has 4 rings (SSSR count). The Bertz CT molecular complexity index is 1070. The maximum Gasteiger partial charge on any atom is 0.254 e. The van der Waals surface area contributed by atoms with E-state index in [9.17, 15) is 4.79 Å². The van der Waals surface area contributed by atoms with E-state index in [1.54, 1.807) is 0 Å². The van der Waals surface area contributed by atoms with E-state index in [1.165, 1.54) is 5.39 Å². The zero-order valence-electron chi connectivity index (χ0n) is 15.2. The summed E-state index contributed by atoms with van der Waals surface area (Å²) in [5.41, 5.74) is 1.94. The van der Waals surface area contributed by atoms with E-state index in [0.717, 1.165) is 22.6 Å². The van der Waals surface area contributed by atoms with Crippen LogP contribution in [0.1, 0.15) is 12.5 Å². The molecule has 5 nitrogen and oxygen atoms in total. The molecular formula is C21H22N4O. The van der Waals surface area contributed by atoms with Gasteiger partial charge in [0.1, 0.15) is 0 Å². The second-order valence-corrected chi connectivity index (χ2v) is 7.17. The Labute approximate surface area is 152 Å². The van der Waals surface area contributed by atoms with Crippen molar-refractivity contribution < 1.29 is 0 Å². The van der Waals surface area contributed by atoms with Crippen LogP contribution in [0, 0.1) is 0 Å². The molecule has 132 valence electrons. The first kappa shape index (κ1) is 16.4. The zero-order valence-corrected chi connectivity index (χ0v) is 15.2. The number of aromatic nitrogens is 1. The van der Waals surface area contributed by atoms with Crippen LogP contribution in [0.3, 0.4) is 0 Å². The highest BCUT2D eigenvalue weighted by molar-refractivity contribution is 5.86. The van der Waals surface area contributed by atoms with Gasteiger partial charge in [-0.1, -0.05) is 36.4 Å². The summed E-state index contributed by atoms with van der Waals surface area (Å²) in [7, 11) is 3.87. The Balaban J connectivity index is 1.69. The summed E-state index contributed by atoms with van der Waals surface area (Å²) in [6.07, 6.45) is 0. The molecule has 0 radical (unpaired) electrons. The zero-order chi connectivity index (χ0) is 18.3. The van der Waals surface area contributed by atoms with Crippen LogP contribution in [-0.4, -0.2) is 36.5 Å². The van der Waals surface area contributed by atoms with Crippen molar-refractivity contribution in [3.05, 3.63) is 70.5 Å². The molecule has 1 atom stereocenters. The third-order valence-corrected chi connectivity index (χ3v) is 4.92. The van der Waals surface area contributed by atoms with E-state index < -0.39 is 5.54 Å². The van der Waals surface area contributed by atoms with Crippen LogP contribution in [0.4, 0.5) is 0 Å². The normalized spacial score (nSPS) is 19.3. The van der Waals surface area contributed by atoms with Gasteiger partial charge in [-0.25, -0.2) is 0 Å². The van der Waals surface area contributed by atoms with E-state index in [1.807, 2.05) is 56.3 Å². The van der Waals surface area contributed by atoms with Crippen molar-refractivity contribution >= 4 is 16.7 Å². The van der Waals surface area contributed by atoms with Crippen LogP contribution >= 0.6 is 0 Å². The predicted octanol–water partition coefficient (Wildman–Crippen LogP) is 2.93. The number of aromatic amines is 1. The number of nitrogens with zero attached hydrogens (tertiary/aromatic N) is 2. The van der Waals surface area contributed by atoms with Crippen LogP contribution < -0.4 is 10.9 Å². The van der Waals surface area contributed by atoms with Crippen LogP contribution in [0.15, 0.2) is 64.4 Å². The van der Waals surface area contributed by atoms with Crippen molar-refractivity contribution in [2.45, 2.75) is 12.5 Å². The molecule has 0 aliphatic carbocycles. The molecule has 0 amide bonds. The summed E-state index contributed by atoms with van der Waals surface area (Å²) in [6.45, 7) is 2.55. The van der Waals surface area contributed by atoms with Crippen LogP contribution in [0.2, 0.25) is 0 Å². The van der Waals surface area contributed by atoms with Gasteiger partial charge >= 0.3 is 0 Å². The number of H-pyrrole nitrogens is 1. The van der Waals surface area contributed by atoms with Gasteiger partial charge in [0.2, 0.25) is 0 Å². The Morgan fingerprint density at radius 1 is 1.04 bits per heavy atom. The number of rotatable bonds is 2. The lowest BCUT2D eigenvalue weighted by Gasteiger charge is -2.26. The summed E-state index contributed by atoms with van der Waals surface area (Å²) >= 11 is 0. The molecule has 0 saturated heterocycles. The summed E-state index contributed by atoms with van der Waals surface area (Å²) in [5, 5.41) is 5.71. The Kier molecular flexibility index (Phi) is 3.80. The largest absolute Gasteiger partial charge is 0.349 e. The van der Waals surface area contributed by atoms with Crippen molar-refractivity contribution in [2.24, 2.45) is 4.99 Å². The Hall–Kier alpha value is -3.08. The van der Waals surface area contributed by atoms with Gasteiger partial charge in [-0.3, -0.25) is 9.79 Å².